The molecule has 0 bridgehead atoms. The number of hydrogen-bond acceptors (Lipinski definition) is 3. The zero-order chi connectivity index (χ0) is 12.5. The second-order valence-electron chi connectivity index (χ2n) is 5.46. The largest absolute Gasteiger partial charge is 0.372 e. The smallest absolute Gasteiger partial charge is 0.0936 e. The van der Waals surface area contributed by atoms with E-state index in [1.807, 2.05) is 0 Å². The Kier molecular flexibility index (Phi) is 3.27. The molecule has 0 N–H and O–H groups in total. The molecule has 1 atom stereocenters. The molecule has 2 aliphatic rings. The third-order valence-corrected chi connectivity index (χ3v) is 4.15. The summed E-state index contributed by atoms with van der Waals surface area (Å²) in [5.74, 6) is 0. The van der Waals surface area contributed by atoms with Gasteiger partial charge in [-0.05, 0) is 31.0 Å². The third-order valence-electron chi connectivity index (χ3n) is 4.15. The van der Waals surface area contributed by atoms with Crippen LogP contribution in [0.5, 0.6) is 0 Å². The van der Waals surface area contributed by atoms with E-state index < -0.39 is 0 Å². The van der Waals surface area contributed by atoms with Crippen LogP contribution in [0, 0.1) is 13.8 Å². The molecule has 2 aliphatic heterocycles. The van der Waals surface area contributed by atoms with Gasteiger partial charge in [-0.2, -0.15) is 0 Å². The van der Waals surface area contributed by atoms with Gasteiger partial charge in [0.05, 0.1) is 12.7 Å². The van der Waals surface area contributed by atoms with Crippen LogP contribution in [0.3, 0.4) is 0 Å². The SMILES string of the molecule is Cc1cccc(N2CCN(CC3CO3)CC2)c1C. The molecule has 1 aromatic rings. The van der Waals surface area contributed by atoms with Gasteiger partial charge in [-0.15, -0.1) is 0 Å². The summed E-state index contributed by atoms with van der Waals surface area (Å²) in [7, 11) is 0. The van der Waals surface area contributed by atoms with Gasteiger partial charge in [0.2, 0.25) is 0 Å². The molecule has 3 heteroatoms. The fourth-order valence-electron chi connectivity index (χ4n) is 2.71. The lowest BCUT2D eigenvalue weighted by molar-refractivity contribution is 0.230. The Morgan fingerprint density at radius 3 is 2.56 bits per heavy atom. The maximum Gasteiger partial charge on any atom is 0.0936 e. The van der Waals surface area contributed by atoms with E-state index in [1.54, 1.807) is 0 Å². The first-order valence-electron chi connectivity index (χ1n) is 6.89. The molecule has 2 fully saturated rings. The highest BCUT2D eigenvalue weighted by Crippen LogP contribution is 2.24. The van der Waals surface area contributed by atoms with Crippen molar-refractivity contribution in [1.82, 2.24) is 4.90 Å². The lowest BCUT2D eigenvalue weighted by Gasteiger charge is -2.36. The Morgan fingerprint density at radius 1 is 1.17 bits per heavy atom. The first kappa shape index (κ1) is 12.0. The van der Waals surface area contributed by atoms with E-state index in [-0.39, 0.29) is 0 Å². The zero-order valence-electron chi connectivity index (χ0n) is 11.4. The summed E-state index contributed by atoms with van der Waals surface area (Å²) in [6.45, 7) is 11.1. The van der Waals surface area contributed by atoms with E-state index in [2.05, 4.69) is 41.8 Å². The summed E-state index contributed by atoms with van der Waals surface area (Å²) in [6, 6.07) is 6.61. The molecule has 0 amide bonds. The number of anilines is 1. The molecule has 1 aromatic carbocycles. The highest BCUT2D eigenvalue weighted by molar-refractivity contribution is 5.56. The van der Waals surface area contributed by atoms with Crippen molar-refractivity contribution < 1.29 is 4.74 Å². The van der Waals surface area contributed by atoms with Crippen LogP contribution in [0.25, 0.3) is 0 Å². The van der Waals surface area contributed by atoms with Crippen LogP contribution < -0.4 is 4.90 Å². The monoisotopic (exact) mass is 246 g/mol. The first-order valence-corrected chi connectivity index (χ1v) is 6.89. The normalized spacial score (nSPS) is 24.3. The van der Waals surface area contributed by atoms with Crippen molar-refractivity contribution in [2.75, 3.05) is 44.2 Å². The number of piperazine rings is 1. The van der Waals surface area contributed by atoms with Crippen molar-refractivity contribution in [3.05, 3.63) is 29.3 Å². The van der Waals surface area contributed by atoms with Crippen LogP contribution in [0.15, 0.2) is 18.2 Å². The number of aryl methyl sites for hydroxylation is 1. The summed E-state index contributed by atoms with van der Waals surface area (Å²) in [5.41, 5.74) is 4.23. The lowest BCUT2D eigenvalue weighted by atomic mass is 10.1. The fourth-order valence-corrected chi connectivity index (χ4v) is 2.71. The Morgan fingerprint density at radius 2 is 1.89 bits per heavy atom. The number of nitrogens with zero attached hydrogens (tertiary/aromatic N) is 2. The molecule has 0 spiro atoms. The van der Waals surface area contributed by atoms with Crippen LogP contribution in [-0.4, -0.2) is 50.3 Å². The van der Waals surface area contributed by atoms with E-state index in [0.717, 1.165) is 39.3 Å². The topological polar surface area (TPSA) is 19.0 Å². The molecule has 3 rings (SSSR count). The minimum absolute atomic E-state index is 0.525. The van der Waals surface area contributed by atoms with Crippen molar-refractivity contribution in [2.45, 2.75) is 20.0 Å². The van der Waals surface area contributed by atoms with Gasteiger partial charge in [0.25, 0.3) is 0 Å². The summed E-state index contributed by atoms with van der Waals surface area (Å²) < 4.78 is 5.30. The van der Waals surface area contributed by atoms with Crippen LogP contribution >= 0.6 is 0 Å². The second-order valence-corrected chi connectivity index (χ2v) is 5.46. The molecule has 18 heavy (non-hydrogen) atoms. The molecule has 2 saturated heterocycles. The van der Waals surface area contributed by atoms with E-state index in [9.17, 15) is 0 Å². The number of rotatable bonds is 3. The summed E-state index contributed by atoms with van der Waals surface area (Å²) in [6.07, 6.45) is 0.525. The molecule has 2 heterocycles. The van der Waals surface area contributed by atoms with Crippen molar-refractivity contribution in [3.8, 4) is 0 Å². The van der Waals surface area contributed by atoms with E-state index >= 15 is 0 Å². The van der Waals surface area contributed by atoms with Crippen LogP contribution in [0.1, 0.15) is 11.1 Å². The quantitative estimate of drug-likeness (QED) is 0.758. The first-order chi connectivity index (χ1) is 8.74. The standard InChI is InChI=1S/C15H22N2O/c1-12-4-3-5-15(13(12)2)17-8-6-16(7-9-17)10-14-11-18-14/h3-5,14H,6-11H2,1-2H3. The van der Waals surface area contributed by atoms with Crippen LogP contribution in [0.2, 0.25) is 0 Å². The summed E-state index contributed by atoms with van der Waals surface area (Å²) >= 11 is 0. The predicted molar refractivity (Wildman–Crippen MR) is 74.3 cm³/mol. The van der Waals surface area contributed by atoms with Gasteiger partial charge in [-0.25, -0.2) is 0 Å². The van der Waals surface area contributed by atoms with Crippen LogP contribution in [-0.2, 0) is 4.74 Å². The molecular weight excluding hydrogens is 224 g/mol. The number of ether oxygens (including phenoxy) is 1. The van der Waals surface area contributed by atoms with Crippen molar-refractivity contribution in [2.24, 2.45) is 0 Å². The third kappa shape index (κ3) is 2.52. The predicted octanol–water partition coefficient (Wildman–Crippen LogP) is 1.82. The number of benzene rings is 1. The second kappa shape index (κ2) is 4.90. The Labute approximate surface area is 109 Å². The molecule has 98 valence electrons. The lowest BCUT2D eigenvalue weighted by Crippen LogP contribution is -2.47. The molecule has 0 saturated carbocycles. The maximum absolute atomic E-state index is 5.30. The minimum atomic E-state index is 0.525. The average molecular weight is 246 g/mol. The molecule has 3 nitrogen and oxygen atoms in total. The van der Waals surface area contributed by atoms with Gasteiger partial charge in [0.15, 0.2) is 0 Å². The Bertz CT molecular complexity index is 421. The van der Waals surface area contributed by atoms with Crippen molar-refractivity contribution >= 4 is 5.69 Å². The number of epoxide rings is 1. The highest BCUT2D eigenvalue weighted by Gasteiger charge is 2.27. The molecule has 0 radical (unpaired) electrons. The van der Waals surface area contributed by atoms with Gasteiger partial charge in [-0.3, -0.25) is 4.90 Å². The van der Waals surface area contributed by atoms with E-state index in [0.29, 0.717) is 6.10 Å². The van der Waals surface area contributed by atoms with Gasteiger partial charge in [-0.1, -0.05) is 12.1 Å². The molecule has 0 aliphatic carbocycles. The average Bonchev–Trinajstić information content (AvgIpc) is 3.18. The van der Waals surface area contributed by atoms with Gasteiger partial charge < -0.3 is 9.64 Å². The molecule has 1 unspecified atom stereocenters. The maximum atomic E-state index is 5.30. The van der Waals surface area contributed by atoms with Crippen molar-refractivity contribution in [3.63, 3.8) is 0 Å². The van der Waals surface area contributed by atoms with E-state index in [4.69, 9.17) is 4.74 Å². The Hall–Kier alpha value is -1.06. The van der Waals surface area contributed by atoms with Gasteiger partial charge in [0, 0.05) is 38.4 Å². The molecule has 0 aromatic heterocycles. The van der Waals surface area contributed by atoms with Crippen molar-refractivity contribution in [1.29, 1.82) is 0 Å². The number of hydrogen-bond donors (Lipinski definition) is 0. The van der Waals surface area contributed by atoms with E-state index in [1.165, 1.54) is 16.8 Å². The highest BCUT2D eigenvalue weighted by atomic mass is 16.6. The minimum Gasteiger partial charge on any atom is -0.372 e. The summed E-state index contributed by atoms with van der Waals surface area (Å²) in [5, 5.41) is 0. The van der Waals surface area contributed by atoms with Crippen LogP contribution in [0.4, 0.5) is 5.69 Å². The van der Waals surface area contributed by atoms with Gasteiger partial charge in [0.1, 0.15) is 0 Å². The van der Waals surface area contributed by atoms with Gasteiger partial charge >= 0.3 is 0 Å². The summed E-state index contributed by atoms with van der Waals surface area (Å²) in [4.78, 5) is 5.05. The fraction of sp³-hybridized carbons (Fsp3) is 0.600. The zero-order valence-corrected chi connectivity index (χ0v) is 11.4. The Balaban J connectivity index is 1.62. The molecular formula is C15H22N2O.